The zero-order chi connectivity index (χ0) is 17.8. The van der Waals surface area contributed by atoms with Crippen molar-refractivity contribution in [1.29, 1.82) is 0 Å². The highest BCUT2D eigenvalue weighted by Gasteiger charge is 2.28. The van der Waals surface area contributed by atoms with E-state index >= 15 is 0 Å². The van der Waals surface area contributed by atoms with Crippen LogP contribution in [0.15, 0.2) is 54.6 Å². The molecule has 2 heterocycles. The number of carbonyl (C=O) groups is 1. The molecule has 2 aromatic rings. The van der Waals surface area contributed by atoms with Crippen LogP contribution in [-0.2, 0) is 4.79 Å². The van der Waals surface area contributed by atoms with Gasteiger partial charge in [-0.25, -0.2) is 5.01 Å². The van der Waals surface area contributed by atoms with Gasteiger partial charge < -0.3 is 10.2 Å². The van der Waals surface area contributed by atoms with Crippen molar-refractivity contribution < 1.29 is 4.79 Å². The number of hydrogen-bond acceptors (Lipinski definition) is 4. The summed E-state index contributed by atoms with van der Waals surface area (Å²) < 4.78 is 0. The second-order valence-corrected chi connectivity index (χ2v) is 7.01. The Bertz CT molecular complexity index is 730. The fourth-order valence-corrected chi connectivity index (χ4v) is 4.05. The lowest BCUT2D eigenvalue weighted by molar-refractivity contribution is -0.110. The molecule has 0 saturated carbocycles. The van der Waals surface area contributed by atoms with E-state index < -0.39 is 0 Å². The first-order chi connectivity index (χ1) is 12.9. The quantitative estimate of drug-likeness (QED) is 0.813. The average molecular weight is 350 g/mol. The van der Waals surface area contributed by atoms with Crippen molar-refractivity contribution in [1.82, 2.24) is 10.3 Å². The summed E-state index contributed by atoms with van der Waals surface area (Å²) in [5.41, 5.74) is 3.65. The van der Waals surface area contributed by atoms with Crippen molar-refractivity contribution >= 4 is 23.5 Å². The molecule has 1 unspecified atom stereocenters. The third kappa shape index (κ3) is 3.40. The minimum Gasteiger partial charge on any atom is -0.368 e. The zero-order valence-corrected chi connectivity index (χ0v) is 15.1. The van der Waals surface area contributed by atoms with Gasteiger partial charge >= 0.3 is 0 Å². The maximum Gasteiger partial charge on any atom is 0.207 e. The number of nitrogens with zero attached hydrogens (tertiary/aromatic N) is 3. The summed E-state index contributed by atoms with van der Waals surface area (Å²) in [5.74, 6) is 0. The third-order valence-electron chi connectivity index (χ3n) is 5.31. The molecule has 2 aliphatic rings. The van der Waals surface area contributed by atoms with Crippen molar-refractivity contribution in [2.45, 2.75) is 25.3 Å². The van der Waals surface area contributed by atoms with Crippen molar-refractivity contribution in [3.63, 3.8) is 0 Å². The Labute approximate surface area is 155 Å². The normalized spacial score (nSPS) is 20.3. The number of hydrogen-bond donors (Lipinski definition) is 1. The van der Waals surface area contributed by atoms with E-state index in [1.807, 2.05) is 0 Å². The Balaban J connectivity index is 1.69. The molecule has 2 aliphatic heterocycles. The largest absolute Gasteiger partial charge is 0.368 e. The minimum absolute atomic E-state index is 0.234. The van der Waals surface area contributed by atoms with Crippen LogP contribution in [0.4, 0.5) is 17.1 Å². The van der Waals surface area contributed by atoms with Gasteiger partial charge in [-0.3, -0.25) is 9.80 Å². The molecular weight excluding hydrogens is 324 g/mol. The molecule has 5 nitrogen and oxygen atoms in total. The monoisotopic (exact) mass is 350 g/mol. The van der Waals surface area contributed by atoms with E-state index in [-0.39, 0.29) is 6.04 Å². The molecule has 2 fully saturated rings. The van der Waals surface area contributed by atoms with Gasteiger partial charge in [-0.2, -0.15) is 0 Å². The molecule has 1 N–H and O–H groups in total. The molecule has 0 bridgehead atoms. The molecule has 1 atom stereocenters. The van der Waals surface area contributed by atoms with Crippen molar-refractivity contribution in [2.75, 3.05) is 36.1 Å². The Morgan fingerprint density at radius 3 is 2.46 bits per heavy atom. The van der Waals surface area contributed by atoms with Crippen LogP contribution in [0.5, 0.6) is 0 Å². The summed E-state index contributed by atoms with van der Waals surface area (Å²) in [4.78, 5) is 13.2. The van der Waals surface area contributed by atoms with Crippen LogP contribution in [0, 0.1) is 0 Å². The second-order valence-electron chi connectivity index (χ2n) is 7.01. The lowest BCUT2D eigenvalue weighted by atomic mass is 10.2. The van der Waals surface area contributed by atoms with E-state index in [0.29, 0.717) is 0 Å². The summed E-state index contributed by atoms with van der Waals surface area (Å²) >= 11 is 0. The molecular formula is C21H26N4O. The predicted octanol–water partition coefficient (Wildman–Crippen LogP) is 3.16. The van der Waals surface area contributed by atoms with Crippen molar-refractivity contribution in [3.05, 3.63) is 54.6 Å². The smallest absolute Gasteiger partial charge is 0.207 e. The number of anilines is 3. The van der Waals surface area contributed by atoms with Gasteiger partial charge in [0.05, 0.1) is 17.1 Å². The van der Waals surface area contributed by atoms with Gasteiger partial charge in [0.25, 0.3) is 0 Å². The molecule has 0 spiro atoms. The number of hydrazine groups is 1. The number of rotatable bonds is 6. The van der Waals surface area contributed by atoms with Crippen molar-refractivity contribution in [3.8, 4) is 0 Å². The SMILES string of the molecule is O=CNC1CCN(c2ccccc2N(c2ccccc2)N2CCCC2)C1. The number of nitrogens with one attached hydrogen (secondary N) is 1. The van der Waals surface area contributed by atoms with Gasteiger partial charge in [0.2, 0.25) is 6.41 Å². The minimum atomic E-state index is 0.234. The highest BCUT2D eigenvalue weighted by atomic mass is 16.1. The lowest BCUT2D eigenvalue weighted by Gasteiger charge is -2.36. The zero-order valence-electron chi connectivity index (χ0n) is 15.1. The van der Waals surface area contributed by atoms with Crippen LogP contribution in [0.2, 0.25) is 0 Å². The second kappa shape index (κ2) is 7.79. The standard InChI is InChI=1S/C21H26N4O/c26-17-22-18-12-15-23(16-18)20-10-4-5-11-21(20)25(24-13-6-7-14-24)19-8-2-1-3-9-19/h1-5,8-11,17-18H,6-7,12-16H2,(H,22,26). The van der Waals surface area contributed by atoms with Crippen LogP contribution >= 0.6 is 0 Å². The van der Waals surface area contributed by atoms with E-state index in [1.54, 1.807) is 0 Å². The van der Waals surface area contributed by atoms with E-state index in [9.17, 15) is 4.79 Å². The first kappa shape index (κ1) is 16.9. The van der Waals surface area contributed by atoms with Crippen LogP contribution in [0.3, 0.4) is 0 Å². The maximum absolute atomic E-state index is 10.8. The number of para-hydroxylation sites is 3. The fourth-order valence-electron chi connectivity index (χ4n) is 4.05. The molecule has 2 saturated heterocycles. The van der Waals surface area contributed by atoms with E-state index in [0.717, 1.165) is 39.0 Å². The Morgan fingerprint density at radius 2 is 1.69 bits per heavy atom. The molecule has 0 radical (unpaired) electrons. The number of benzene rings is 2. The summed E-state index contributed by atoms with van der Waals surface area (Å²) in [7, 11) is 0. The average Bonchev–Trinajstić information content (AvgIpc) is 3.36. The van der Waals surface area contributed by atoms with Gasteiger partial charge in [-0.15, -0.1) is 0 Å². The van der Waals surface area contributed by atoms with Gasteiger partial charge in [0, 0.05) is 32.2 Å². The molecule has 5 heteroatoms. The summed E-state index contributed by atoms with van der Waals surface area (Å²) in [6, 6.07) is 19.5. The topological polar surface area (TPSA) is 38.8 Å². The molecule has 0 aliphatic carbocycles. The Morgan fingerprint density at radius 1 is 0.962 bits per heavy atom. The molecule has 2 aromatic carbocycles. The first-order valence-electron chi connectivity index (χ1n) is 9.50. The highest BCUT2D eigenvalue weighted by Crippen LogP contribution is 2.38. The van der Waals surface area contributed by atoms with Crippen LogP contribution < -0.4 is 15.2 Å². The van der Waals surface area contributed by atoms with Gasteiger partial charge in [0.1, 0.15) is 0 Å². The van der Waals surface area contributed by atoms with E-state index in [4.69, 9.17) is 0 Å². The maximum atomic E-state index is 10.8. The van der Waals surface area contributed by atoms with E-state index in [2.05, 4.69) is 74.8 Å². The Hall–Kier alpha value is -2.53. The summed E-state index contributed by atoms with van der Waals surface area (Å²) in [5, 5.41) is 7.76. The number of carbonyl (C=O) groups excluding carboxylic acids is 1. The molecule has 136 valence electrons. The summed E-state index contributed by atoms with van der Waals surface area (Å²) in [6.45, 7) is 3.99. The van der Waals surface area contributed by atoms with Crippen LogP contribution in [-0.4, -0.2) is 43.6 Å². The van der Waals surface area contributed by atoms with Gasteiger partial charge in [0.15, 0.2) is 0 Å². The third-order valence-corrected chi connectivity index (χ3v) is 5.31. The van der Waals surface area contributed by atoms with Crippen LogP contribution in [0.25, 0.3) is 0 Å². The van der Waals surface area contributed by atoms with Gasteiger partial charge in [-0.05, 0) is 43.5 Å². The summed E-state index contributed by atoms with van der Waals surface area (Å²) in [6.07, 6.45) is 4.28. The van der Waals surface area contributed by atoms with Crippen molar-refractivity contribution in [2.24, 2.45) is 0 Å². The first-order valence-corrected chi connectivity index (χ1v) is 9.50. The molecule has 0 aromatic heterocycles. The molecule has 1 amide bonds. The predicted molar refractivity (Wildman–Crippen MR) is 106 cm³/mol. The molecule has 4 rings (SSSR count). The van der Waals surface area contributed by atoms with Crippen LogP contribution in [0.1, 0.15) is 19.3 Å². The number of amides is 1. The molecule has 26 heavy (non-hydrogen) atoms. The highest BCUT2D eigenvalue weighted by molar-refractivity contribution is 5.77. The van der Waals surface area contributed by atoms with E-state index in [1.165, 1.54) is 29.9 Å². The van der Waals surface area contributed by atoms with Gasteiger partial charge in [-0.1, -0.05) is 30.3 Å². The fraction of sp³-hybridized carbons (Fsp3) is 0.381. The lowest BCUT2D eigenvalue weighted by Crippen LogP contribution is -2.38. The Kier molecular flexibility index (Phi) is 5.07.